The van der Waals surface area contributed by atoms with Gasteiger partial charge in [-0.05, 0) is 38.5 Å². The van der Waals surface area contributed by atoms with Crippen LogP contribution in [0.4, 0.5) is 4.39 Å². The summed E-state index contributed by atoms with van der Waals surface area (Å²) in [4.78, 5) is 12.3. The summed E-state index contributed by atoms with van der Waals surface area (Å²) in [6, 6.07) is 5.87. The van der Waals surface area contributed by atoms with Crippen molar-refractivity contribution in [3.63, 3.8) is 0 Å². The van der Waals surface area contributed by atoms with E-state index in [1.54, 1.807) is 25.4 Å². The number of carbonyl (C=O) groups is 1. The third-order valence-electron chi connectivity index (χ3n) is 3.14. The Labute approximate surface area is 122 Å². The number of aromatic nitrogens is 3. The Kier molecular flexibility index (Phi) is 4.67. The standard InChI is InChI=1S/C15H18FN3O2/c1-4-21-15(20)13(11-5-7-12(16)8-6-11)14-18-17-9-19(14)10(2)3/h5-10,13H,4H2,1-3H3. The lowest BCUT2D eigenvalue weighted by Crippen LogP contribution is -2.22. The van der Waals surface area contributed by atoms with Crippen molar-refractivity contribution in [1.29, 1.82) is 0 Å². The molecule has 0 radical (unpaired) electrons. The summed E-state index contributed by atoms with van der Waals surface area (Å²) in [5, 5.41) is 7.94. The van der Waals surface area contributed by atoms with E-state index in [1.807, 2.05) is 18.4 Å². The number of esters is 1. The van der Waals surface area contributed by atoms with E-state index >= 15 is 0 Å². The Balaban J connectivity index is 2.48. The number of ether oxygens (including phenoxy) is 1. The molecule has 0 saturated carbocycles. The van der Waals surface area contributed by atoms with E-state index in [4.69, 9.17) is 4.74 Å². The molecule has 5 nitrogen and oxygen atoms in total. The second-order valence-electron chi connectivity index (χ2n) is 4.93. The minimum atomic E-state index is -0.713. The average Bonchev–Trinajstić information content (AvgIpc) is 2.91. The van der Waals surface area contributed by atoms with E-state index in [2.05, 4.69) is 10.2 Å². The summed E-state index contributed by atoms with van der Waals surface area (Å²) in [6.07, 6.45) is 1.58. The van der Waals surface area contributed by atoms with Gasteiger partial charge >= 0.3 is 5.97 Å². The van der Waals surface area contributed by atoms with Crippen LogP contribution in [0.2, 0.25) is 0 Å². The van der Waals surface area contributed by atoms with Gasteiger partial charge in [-0.1, -0.05) is 12.1 Å². The predicted octanol–water partition coefficient (Wildman–Crippen LogP) is 2.69. The Morgan fingerprint density at radius 3 is 2.57 bits per heavy atom. The quantitative estimate of drug-likeness (QED) is 0.795. The van der Waals surface area contributed by atoms with Crippen molar-refractivity contribution < 1.29 is 13.9 Å². The molecule has 0 fully saturated rings. The molecule has 1 aromatic heterocycles. The van der Waals surface area contributed by atoms with E-state index in [0.717, 1.165) is 0 Å². The molecule has 1 atom stereocenters. The van der Waals surface area contributed by atoms with Crippen molar-refractivity contribution in [2.45, 2.75) is 32.7 Å². The molecule has 0 saturated heterocycles. The monoisotopic (exact) mass is 291 g/mol. The first kappa shape index (κ1) is 15.2. The smallest absolute Gasteiger partial charge is 0.321 e. The highest BCUT2D eigenvalue weighted by atomic mass is 19.1. The van der Waals surface area contributed by atoms with Gasteiger partial charge in [0, 0.05) is 6.04 Å². The van der Waals surface area contributed by atoms with Gasteiger partial charge in [0.1, 0.15) is 18.1 Å². The highest BCUT2D eigenvalue weighted by Crippen LogP contribution is 2.26. The molecule has 6 heteroatoms. The van der Waals surface area contributed by atoms with Crippen LogP contribution < -0.4 is 0 Å². The zero-order valence-electron chi connectivity index (χ0n) is 12.3. The maximum absolute atomic E-state index is 13.1. The van der Waals surface area contributed by atoms with Gasteiger partial charge < -0.3 is 9.30 Å². The number of nitrogens with zero attached hydrogens (tertiary/aromatic N) is 3. The fourth-order valence-corrected chi connectivity index (χ4v) is 2.13. The lowest BCUT2D eigenvalue weighted by atomic mass is 9.98. The maximum atomic E-state index is 13.1. The van der Waals surface area contributed by atoms with Crippen LogP contribution in [0.3, 0.4) is 0 Å². The first-order chi connectivity index (χ1) is 10.0. The summed E-state index contributed by atoms with van der Waals surface area (Å²) in [7, 11) is 0. The number of benzene rings is 1. The molecule has 0 aliphatic heterocycles. The normalized spacial score (nSPS) is 12.4. The van der Waals surface area contributed by atoms with Crippen LogP contribution in [-0.4, -0.2) is 27.3 Å². The first-order valence-electron chi connectivity index (χ1n) is 6.86. The van der Waals surface area contributed by atoms with Crippen molar-refractivity contribution in [3.05, 3.63) is 47.8 Å². The Hall–Kier alpha value is -2.24. The van der Waals surface area contributed by atoms with E-state index in [9.17, 15) is 9.18 Å². The highest BCUT2D eigenvalue weighted by molar-refractivity contribution is 5.81. The predicted molar refractivity (Wildman–Crippen MR) is 75.3 cm³/mol. The molecule has 1 unspecified atom stereocenters. The van der Waals surface area contributed by atoms with E-state index in [0.29, 0.717) is 11.4 Å². The highest BCUT2D eigenvalue weighted by Gasteiger charge is 2.29. The molecule has 0 spiro atoms. The Morgan fingerprint density at radius 1 is 1.33 bits per heavy atom. The number of carbonyl (C=O) groups excluding carboxylic acids is 1. The Morgan fingerprint density at radius 2 is 2.00 bits per heavy atom. The number of halogens is 1. The summed E-state index contributed by atoms with van der Waals surface area (Å²) >= 11 is 0. The third-order valence-corrected chi connectivity index (χ3v) is 3.14. The van der Waals surface area contributed by atoms with Crippen molar-refractivity contribution >= 4 is 5.97 Å². The van der Waals surface area contributed by atoms with Gasteiger partial charge in [0.05, 0.1) is 6.61 Å². The number of rotatable bonds is 5. The van der Waals surface area contributed by atoms with Crippen molar-refractivity contribution in [2.24, 2.45) is 0 Å². The zero-order chi connectivity index (χ0) is 15.4. The molecule has 112 valence electrons. The molecular weight excluding hydrogens is 273 g/mol. The van der Waals surface area contributed by atoms with E-state index in [-0.39, 0.29) is 18.5 Å². The van der Waals surface area contributed by atoms with Crippen LogP contribution in [0, 0.1) is 5.82 Å². The van der Waals surface area contributed by atoms with Crippen molar-refractivity contribution in [2.75, 3.05) is 6.61 Å². The van der Waals surface area contributed by atoms with Crippen molar-refractivity contribution in [3.8, 4) is 0 Å². The van der Waals surface area contributed by atoms with Crippen LogP contribution in [0.1, 0.15) is 44.1 Å². The number of hydrogen-bond donors (Lipinski definition) is 0. The molecule has 2 rings (SSSR count). The van der Waals surface area contributed by atoms with Gasteiger partial charge in [-0.3, -0.25) is 4.79 Å². The minimum absolute atomic E-state index is 0.104. The molecule has 21 heavy (non-hydrogen) atoms. The molecule has 1 heterocycles. The lowest BCUT2D eigenvalue weighted by Gasteiger charge is -2.18. The summed E-state index contributed by atoms with van der Waals surface area (Å²) in [5.74, 6) is -0.990. The van der Waals surface area contributed by atoms with Gasteiger partial charge in [0.15, 0.2) is 5.82 Å². The van der Waals surface area contributed by atoms with Crippen LogP contribution in [-0.2, 0) is 9.53 Å². The minimum Gasteiger partial charge on any atom is -0.465 e. The lowest BCUT2D eigenvalue weighted by molar-refractivity contribution is -0.144. The van der Waals surface area contributed by atoms with E-state index < -0.39 is 11.9 Å². The van der Waals surface area contributed by atoms with Gasteiger partial charge in [0.2, 0.25) is 0 Å². The van der Waals surface area contributed by atoms with Crippen LogP contribution >= 0.6 is 0 Å². The van der Waals surface area contributed by atoms with Gasteiger partial charge in [0.25, 0.3) is 0 Å². The molecule has 0 aliphatic carbocycles. The second kappa shape index (κ2) is 6.47. The molecule has 0 amide bonds. The average molecular weight is 291 g/mol. The first-order valence-corrected chi connectivity index (χ1v) is 6.86. The fraction of sp³-hybridized carbons (Fsp3) is 0.400. The molecular formula is C15H18FN3O2. The second-order valence-corrected chi connectivity index (χ2v) is 4.93. The van der Waals surface area contributed by atoms with Gasteiger partial charge in [-0.25, -0.2) is 4.39 Å². The SMILES string of the molecule is CCOC(=O)C(c1ccc(F)cc1)c1nncn1C(C)C. The topological polar surface area (TPSA) is 57.0 Å². The van der Waals surface area contributed by atoms with Crippen LogP contribution in [0.25, 0.3) is 0 Å². The molecule has 1 aromatic carbocycles. The molecule has 0 bridgehead atoms. The molecule has 2 aromatic rings. The van der Waals surface area contributed by atoms with Gasteiger partial charge in [-0.15, -0.1) is 10.2 Å². The van der Waals surface area contributed by atoms with Crippen LogP contribution in [0.15, 0.2) is 30.6 Å². The van der Waals surface area contributed by atoms with Crippen molar-refractivity contribution in [1.82, 2.24) is 14.8 Å². The fourth-order valence-electron chi connectivity index (χ4n) is 2.13. The zero-order valence-corrected chi connectivity index (χ0v) is 12.3. The molecule has 0 aliphatic rings. The summed E-state index contributed by atoms with van der Waals surface area (Å²) in [6.45, 7) is 5.96. The Bertz CT molecular complexity index is 608. The molecule has 0 N–H and O–H groups in total. The largest absolute Gasteiger partial charge is 0.465 e. The number of hydrogen-bond acceptors (Lipinski definition) is 4. The van der Waals surface area contributed by atoms with Crippen LogP contribution in [0.5, 0.6) is 0 Å². The summed E-state index contributed by atoms with van der Waals surface area (Å²) in [5.41, 5.74) is 0.629. The summed E-state index contributed by atoms with van der Waals surface area (Å²) < 4.78 is 20.0. The van der Waals surface area contributed by atoms with Gasteiger partial charge in [-0.2, -0.15) is 0 Å². The van der Waals surface area contributed by atoms with E-state index in [1.165, 1.54) is 12.1 Å². The maximum Gasteiger partial charge on any atom is 0.321 e. The third kappa shape index (κ3) is 3.26.